The first-order chi connectivity index (χ1) is 10.2. The van der Waals surface area contributed by atoms with Crippen LogP contribution < -0.4 is 0 Å². The fraction of sp³-hybridized carbons (Fsp3) is 0.867. The third-order valence-corrected chi connectivity index (χ3v) is 4.88. The summed E-state index contributed by atoms with van der Waals surface area (Å²) in [5.74, 6) is 2.18. The first-order valence-electron chi connectivity index (χ1n) is 8.06. The number of likely N-dealkylation sites (tertiary alicyclic amines) is 1. The quantitative estimate of drug-likeness (QED) is 0.845. The van der Waals surface area contributed by atoms with Gasteiger partial charge in [0, 0.05) is 18.4 Å². The Morgan fingerprint density at radius 3 is 2.81 bits per heavy atom. The maximum atomic E-state index is 5.82. The summed E-state index contributed by atoms with van der Waals surface area (Å²) in [6.45, 7) is 6.32. The van der Waals surface area contributed by atoms with E-state index in [1.807, 2.05) is 0 Å². The zero-order chi connectivity index (χ0) is 14.3. The van der Waals surface area contributed by atoms with Gasteiger partial charge in [-0.2, -0.15) is 4.98 Å². The molecule has 1 aliphatic carbocycles. The van der Waals surface area contributed by atoms with Crippen LogP contribution in [0.1, 0.15) is 50.2 Å². The molecule has 3 aliphatic rings. The fourth-order valence-electron chi connectivity index (χ4n) is 3.42. The van der Waals surface area contributed by atoms with Crippen molar-refractivity contribution in [3.05, 3.63) is 11.7 Å². The van der Waals surface area contributed by atoms with Crippen molar-refractivity contribution < 1.29 is 14.0 Å². The van der Waals surface area contributed by atoms with Gasteiger partial charge < -0.3 is 14.0 Å². The summed E-state index contributed by atoms with van der Waals surface area (Å²) in [6.07, 6.45) is 4.72. The van der Waals surface area contributed by atoms with E-state index in [1.165, 1.54) is 19.3 Å². The Morgan fingerprint density at radius 2 is 2.05 bits per heavy atom. The number of nitrogens with zero attached hydrogens (tertiary/aromatic N) is 3. The Morgan fingerprint density at radius 1 is 1.24 bits per heavy atom. The zero-order valence-corrected chi connectivity index (χ0v) is 12.6. The Labute approximate surface area is 124 Å². The molecule has 0 amide bonds. The molecule has 0 bridgehead atoms. The van der Waals surface area contributed by atoms with Crippen molar-refractivity contribution in [1.82, 2.24) is 15.0 Å². The van der Waals surface area contributed by atoms with Crippen LogP contribution >= 0.6 is 0 Å². The highest BCUT2D eigenvalue weighted by Crippen LogP contribution is 2.39. The highest BCUT2D eigenvalue weighted by Gasteiger charge is 2.41. The second kappa shape index (κ2) is 5.34. The lowest BCUT2D eigenvalue weighted by Gasteiger charge is -2.39. The summed E-state index contributed by atoms with van der Waals surface area (Å²) < 4.78 is 17.0. The van der Waals surface area contributed by atoms with Crippen molar-refractivity contribution in [2.45, 2.75) is 50.9 Å². The average molecular weight is 293 g/mol. The van der Waals surface area contributed by atoms with E-state index < -0.39 is 5.79 Å². The van der Waals surface area contributed by atoms with E-state index in [9.17, 15) is 0 Å². The molecule has 4 rings (SSSR count). The molecular formula is C15H23N3O3. The smallest absolute Gasteiger partial charge is 0.229 e. The molecule has 0 unspecified atom stereocenters. The lowest BCUT2D eigenvalue weighted by molar-refractivity contribution is -0.192. The van der Waals surface area contributed by atoms with E-state index in [0.717, 1.165) is 37.8 Å². The number of aromatic nitrogens is 2. The first kappa shape index (κ1) is 13.7. The fourth-order valence-corrected chi connectivity index (χ4v) is 3.42. The Balaban J connectivity index is 1.38. The topological polar surface area (TPSA) is 60.6 Å². The number of hydrogen-bond donors (Lipinski definition) is 0. The number of ether oxygens (including phenoxy) is 2. The van der Waals surface area contributed by atoms with Crippen LogP contribution in [0.5, 0.6) is 0 Å². The van der Waals surface area contributed by atoms with Crippen molar-refractivity contribution in [2.75, 3.05) is 26.3 Å². The molecular weight excluding hydrogens is 270 g/mol. The average Bonchev–Trinajstić information content (AvgIpc) is 3.08. The van der Waals surface area contributed by atoms with E-state index in [0.29, 0.717) is 25.0 Å². The molecule has 3 fully saturated rings. The van der Waals surface area contributed by atoms with Crippen LogP contribution in [0.4, 0.5) is 0 Å². The summed E-state index contributed by atoms with van der Waals surface area (Å²) in [4.78, 5) is 6.92. The minimum atomic E-state index is -0.408. The Kier molecular flexibility index (Phi) is 3.47. The maximum Gasteiger partial charge on any atom is 0.229 e. The van der Waals surface area contributed by atoms with Crippen molar-refractivity contribution in [1.29, 1.82) is 0 Å². The normalized spacial score (nSPS) is 29.9. The summed E-state index contributed by atoms with van der Waals surface area (Å²) >= 11 is 0. The molecule has 6 nitrogen and oxygen atoms in total. The van der Waals surface area contributed by atoms with Crippen molar-refractivity contribution in [3.8, 4) is 0 Å². The minimum Gasteiger partial charge on any atom is -0.347 e. The van der Waals surface area contributed by atoms with Gasteiger partial charge in [0.25, 0.3) is 0 Å². The highest BCUT2D eigenvalue weighted by atomic mass is 16.7. The van der Waals surface area contributed by atoms with Gasteiger partial charge in [0.2, 0.25) is 5.89 Å². The molecule has 0 spiro atoms. The Bertz CT molecular complexity index is 494. The van der Waals surface area contributed by atoms with E-state index in [1.54, 1.807) is 0 Å². The van der Waals surface area contributed by atoms with Gasteiger partial charge in [0.1, 0.15) is 0 Å². The Hall–Kier alpha value is -0.980. The maximum absolute atomic E-state index is 5.82. The minimum absolute atomic E-state index is 0.408. The molecule has 116 valence electrons. The molecule has 1 atom stereocenters. The zero-order valence-electron chi connectivity index (χ0n) is 12.6. The molecule has 0 radical (unpaired) electrons. The van der Waals surface area contributed by atoms with Crippen molar-refractivity contribution >= 4 is 0 Å². The molecule has 0 aromatic carbocycles. The highest BCUT2D eigenvalue weighted by molar-refractivity contribution is 5.01. The number of rotatable bonds is 4. The van der Waals surface area contributed by atoms with E-state index in [4.69, 9.17) is 14.0 Å². The van der Waals surface area contributed by atoms with Crippen LogP contribution in [-0.4, -0.2) is 47.1 Å². The van der Waals surface area contributed by atoms with Crippen LogP contribution in [0.2, 0.25) is 0 Å². The number of piperidine rings is 1. The summed E-state index contributed by atoms with van der Waals surface area (Å²) in [6, 6.07) is 0. The van der Waals surface area contributed by atoms with Crippen LogP contribution in [0.3, 0.4) is 0 Å². The lowest BCUT2D eigenvalue weighted by Crippen LogP contribution is -2.46. The van der Waals surface area contributed by atoms with Gasteiger partial charge in [-0.1, -0.05) is 5.16 Å². The molecule has 2 aliphatic heterocycles. The van der Waals surface area contributed by atoms with Gasteiger partial charge in [-0.05, 0) is 39.2 Å². The third-order valence-electron chi connectivity index (χ3n) is 4.88. The molecule has 2 saturated heterocycles. The van der Waals surface area contributed by atoms with Crippen LogP contribution in [0.25, 0.3) is 0 Å². The largest absolute Gasteiger partial charge is 0.347 e. The van der Waals surface area contributed by atoms with Crippen LogP contribution in [0.15, 0.2) is 4.52 Å². The standard InChI is InChI=1S/C15H23N3O3/c1-15(19-7-8-20-15)12-3-2-6-18(9-12)10-13-16-14(21-17-13)11-4-5-11/h11-12H,2-10H2,1H3/t12-/m1/s1. The monoisotopic (exact) mass is 293 g/mol. The SMILES string of the molecule is CC1([C@@H]2CCCN(Cc3noc(C4CC4)n3)C2)OCCO1. The first-order valence-corrected chi connectivity index (χ1v) is 8.06. The number of hydrogen-bond acceptors (Lipinski definition) is 6. The van der Waals surface area contributed by atoms with Gasteiger partial charge >= 0.3 is 0 Å². The second-order valence-electron chi connectivity index (χ2n) is 6.61. The van der Waals surface area contributed by atoms with Crippen molar-refractivity contribution in [2.24, 2.45) is 5.92 Å². The molecule has 3 heterocycles. The predicted octanol–water partition coefficient (Wildman–Crippen LogP) is 1.92. The summed E-state index contributed by atoms with van der Waals surface area (Å²) in [7, 11) is 0. The second-order valence-corrected chi connectivity index (χ2v) is 6.61. The van der Waals surface area contributed by atoms with Gasteiger partial charge in [-0.15, -0.1) is 0 Å². The molecule has 6 heteroatoms. The molecule has 0 N–H and O–H groups in total. The molecule has 1 aromatic heterocycles. The predicted molar refractivity (Wildman–Crippen MR) is 74.6 cm³/mol. The lowest BCUT2D eigenvalue weighted by atomic mass is 9.90. The third kappa shape index (κ3) is 2.84. The van der Waals surface area contributed by atoms with Gasteiger partial charge in [-0.25, -0.2) is 0 Å². The van der Waals surface area contributed by atoms with E-state index in [2.05, 4.69) is 22.0 Å². The van der Waals surface area contributed by atoms with E-state index >= 15 is 0 Å². The van der Waals surface area contributed by atoms with Crippen LogP contribution in [-0.2, 0) is 16.0 Å². The van der Waals surface area contributed by atoms with Crippen LogP contribution in [0, 0.1) is 5.92 Å². The van der Waals surface area contributed by atoms with Gasteiger partial charge in [0.15, 0.2) is 11.6 Å². The summed E-state index contributed by atoms with van der Waals surface area (Å²) in [5, 5.41) is 4.12. The van der Waals surface area contributed by atoms with E-state index in [-0.39, 0.29) is 0 Å². The van der Waals surface area contributed by atoms with Gasteiger partial charge in [-0.3, -0.25) is 4.90 Å². The molecule has 21 heavy (non-hydrogen) atoms. The molecule has 1 saturated carbocycles. The van der Waals surface area contributed by atoms with Gasteiger partial charge in [0.05, 0.1) is 19.8 Å². The van der Waals surface area contributed by atoms with Crippen molar-refractivity contribution in [3.63, 3.8) is 0 Å². The summed E-state index contributed by atoms with van der Waals surface area (Å²) in [5.41, 5.74) is 0. The molecule has 1 aromatic rings.